The SMILES string of the molecule is N#CCC(=O)N1CCN(C(=O)OCc2ccccc2)CC1. The van der Waals surface area contributed by atoms with E-state index in [4.69, 9.17) is 10.00 Å². The van der Waals surface area contributed by atoms with Crippen LogP contribution in [0.15, 0.2) is 30.3 Å². The van der Waals surface area contributed by atoms with Gasteiger partial charge in [-0.15, -0.1) is 0 Å². The third-order valence-electron chi connectivity index (χ3n) is 3.33. The third kappa shape index (κ3) is 4.21. The molecule has 1 aromatic rings. The van der Waals surface area contributed by atoms with Gasteiger partial charge in [-0.25, -0.2) is 4.79 Å². The van der Waals surface area contributed by atoms with Gasteiger partial charge in [0.2, 0.25) is 5.91 Å². The van der Waals surface area contributed by atoms with Crippen molar-refractivity contribution in [3.05, 3.63) is 35.9 Å². The lowest BCUT2D eigenvalue weighted by molar-refractivity contribution is -0.131. The fourth-order valence-corrected chi connectivity index (χ4v) is 2.13. The van der Waals surface area contributed by atoms with Gasteiger partial charge in [0.25, 0.3) is 0 Å². The maximum absolute atomic E-state index is 11.9. The average molecular weight is 287 g/mol. The Morgan fingerprint density at radius 3 is 2.33 bits per heavy atom. The smallest absolute Gasteiger partial charge is 0.410 e. The highest BCUT2D eigenvalue weighted by Crippen LogP contribution is 2.07. The predicted octanol–water partition coefficient (Wildman–Crippen LogP) is 1.38. The summed E-state index contributed by atoms with van der Waals surface area (Å²) in [7, 11) is 0. The van der Waals surface area contributed by atoms with Gasteiger partial charge < -0.3 is 14.5 Å². The van der Waals surface area contributed by atoms with Crippen molar-refractivity contribution < 1.29 is 14.3 Å². The molecule has 1 aliphatic rings. The van der Waals surface area contributed by atoms with Gasteiger partial charge in [0, 0.05) is 26.2 Å². The molecule has 0 unspecified atom stereocenters. The number of piperazine rings is 1. The molecule has 0 bridgehead atoms. The zero-order valence-electron chi connectivity index (χ0n) is 11.7. The Morgan fingerprint density at radius 2 is 1.71 bits per heavy atom. The fraction of sp³-hybridized carbons (Fsp3) is 0.400. The maximum atomic E-state index is 11.9. The van der Waals surface area contributed by atoms with E-state index in [1.807, 2.05) is 36.4 Å². The topological polar surface area (TPSA) is 73.6 Å². The Hall–Kier alpha value is -2.55. The molecule has 0 aliphatic carbocycles. The molecule has 0 N–H and O–H groups in total. The monoisotopic (exact) mass is 287 g/mol. The van der Waals surface area contributed by atoms with Crippen molar-refractivity contribution in [1.82, 2.24) is 9.80 Å². The number of carbonyl (C=O) groups is 2. The highest BCUT2D eigenvalue weighted by atomic mass is 16.6. The second kappa shape index (κ2) is 7.29. The number of rotatable bonds is 3. The second-order valence-corrected chi connectivity index (χ2v) is 4.74. The number of carbonyl (C=O) groups excluding carboxylic acids is 2. The molecular formula is C15H17N3O3. The van der Waals surface area contributed by atoms with Gasteiger partial charge in [0.1, 0.15) is 13.0 Å². The van der Waals surface area contributed by atoms with E-state index in [2.05, 4.69) is 0 Å². The number of nitriles is 1. The zero-order valence-corrected chi connectivity index (χ0v) is 11.7. The van der Waals surface area contributed by atoms with Crippen molar-refractivity contribution in [3.63, 3.8) is 0 Å². The summed E-state index contributed by atoms with van der Waals surface area (Å²) in [5.41, 5.74) is 0.939. The molecule has 0 aromatic heterocycles. The number of nitrogens with zero attached hydrogens (tertiary/aromatic N) is 3. The fourth-order valence-electron chi connectivity index (χ4n) is 2.13. The van der Waals surface area contributed by atoms with Crippen LogP contribution >= 0.6 is 0 Å². The molecule has 1 saturated heterocycles. The van der Waals surface area contributed by atoms with Gasteiger partial charge in [-0.1, -0.05) is 30.3 Å². The summed E-state index contributed by atoms with van der Waals surface area (Å²) >= 11 is 0. The number of hydrogen-bond acceptors (Lipinski definition) is 4. The molecule has 21 heavy (non-hydrogen) atoms. The lowest BCUT2D eigenvalue weighted by Gasteiger charge is -2.33. The molecule has 2 rings (SSSR count). The van der Waals surface area contributed by atoms with Crippen molar-refractivity contribution >= 4 is 12.0 Å². The summed E-state index contributed by atoms with van der Waals surface area (Å²) in [6.07, 6.45) is -0.482. The van der Waals surface area contributed by atoms with Crippen LogP contribution in [-0.2, 0) is 16.1 Å². The van der Waals surface area contributed by atoms with E-state index in [-0.39, 0.29) is 25.0 Å². The normalized spacial score (nSPS) is 14.4. The van der Waals surface area contributed by atoms with Crippen LogP contribution in [0.25, 0.3) is 0 Å². The van der Waals surface area contributed by atoms with E-state index in [0.29, 0.717) is 26.2 Å². The number of amides is 2. The third-order valence-corrected chi connectivity index (χ3v) is 3.33. The molecule has 0 saturated carbocycles. The quantitative estimate of drug-likeness (QED) is 0.842. The lowest BCUT2D eigenvalue weighted by Crippen LogP contribution is -2.50. The Labute approximate surface area is 123 Å². The first-order valence-electron chi connectivity index (χ1n) is 6.81. The zero-order chi connectivity index (χ0) is 15.1. The molecule has 6 heteroatoms. The van der Waals surface area contributed by atoms with Crippen LogP contribution in [0.4, 0.5) is 4.79 Å². The predicted molar refractivity (Wildman–Crippen MR) is 75.0 cm³/mol. The number of ether oxygens (including phenoxy) is 1. The van der Waals surface area contributed by atoms with Crippen molar-refractivity contribution in [1.29, 1.82) is 5.26 Å². The first kappa shape index (κ1) is 14.9. The molecule has 1 fully saturated rings. The van der Waals surface area contributed by atoms with Crippen LogP contribution in [0.3, 0.4) is 0 Å². The number of hydrogen-bond donors (Lipinski definition) is 0. The summed E-state index contributed by atoms with van der Waals surface area (Å²) in [6.45, 7) is 2.00. The summed E-state index contributed by atoms with van der Waals surface area (Å²) in [4.78, 5) is 26.7. The van der Waals surface area contributed by atoms with Gasteiger partial charge in [-0.2, -0.15) is 5.26 Å². The van der Waals surface area contributed by atoms with Gasteiger partial charge >= 0.3 is 6.09 Å². The van der Waals surface area contributed by atoms with E-state index in [1.54, 1.807) is 9.80 Å². The minimum absolute atomic E-state index is 0.113. The molecule has 6 nitrogen and oxygen atoms in total. The molecule has 1 aliphatic heterocycles. The maximum Gasteiger partial charge on any atom is 0.410 e. The molecular weight excluding hydrogens is 270 g/mol. The Balaban J connectivity index is 1.76. The highest BCUT2D eigenvalue weighted by Gasteiger charge is 2.24. The largest absolute Gasteiger partial charge is 0.445 e. The molecule has 1 aromatic carbocycles. The second-order valence-electron chi connectivity index (χ2n) is 4.74. The van der Waals surface area contributed by atoms with Crippen LogP contribution in [0.5, 0.6) is 0 Å². The van der Waals surface area contributed by atoms with Gasteiger partial charge in [0.05, 0.1) is 6.07 Å². The van der Waals surface area contributed by atoms with E-state index in [1.165, 1.54) is 0 Å². The summed E-state index contributed by atoms with van der Waals surface area (Å²) < 4.78 is 5.24. The Bertz CT molecular complexity index is 531. The summed E-state index contributed by atoms with van der Waals surface area (Å²) in [6, 6.07) is 11.3. The number of benzene rings is 1. The van der Waals surface area contributed by atoms with Crippen molar-refractivity contribution in [2.75, 3.05) is 26.2 Å². The summed E-state index contributed by atoms with van der Waals surface area (Å²) in [5, 5.41) is 8.50. The van der Waals surface area contributed by atoms with Crippen molar-refractivity contribution in [3.8, 4) is 6.07 Å². The standard InChI is InChI=1S/C15H17N3O3/c16-7-6-14(19)17-8-10-18(11-9-17)15(20)21-12-13-4-2-1-3-5-13/h1-5H,6,8-12H2. The van der Waals surface area contributed by atoms with Crippen LogP contribution < -0.4 is 0 Å². The first-order valence-corrected chi connectivity index (χ1v) is 6.81. The van der Waals surface area contributed by atoms with E-state index >= 15 is 0 Å². The molecule has 0 spiro atoms. The molecule has 110 valence electrons. The van der Waals surface area contributed by atoms with Crippen LogP contribution in [0, 0.1) is 11.3 Å². The van der Waals surface area contributed by atoms with Crippen LogP contribution in [0.2, 0.25) is 0 Å². The minimum Gasteiger partial charge on any atom is -0.445 e. The van der Waals surface area contributed by atoms with Crippen LogP contribution in [0.1, 0.15) is 12.0 Å². The molecule has 2 amide bonds. The Kier molecular flexibility index (Phi) is 5.16. The highest BCUT2D eigenvalue weighted by molar-refractivity contribution is 5.78. The van der Waals surface area contributed by atoms with Crippen LogP contribution in [-0.4, -0.2) is 48.0 Å². The summed E-state index contributed by atoms with van der Waals surface area (Å²) in [5.74, 6) is -0.185. The van der Waals surface area contributed by atoms with E-state index in [9.17, 15) is 9.59 Å². The first-order chi connectivity index (χ1) is 10.2. The Morgan fingerprint density at radius 1 is 1.10 bits per heavy atom. The van der Waals surface area contributed by atoms with Crippen molar-refractivity contribution in [2.45, 2.75) is 13.0 Å². The van der Waals surface area contributed by atoms with Gasteiger partial charge in [-0.05, 0) is 5.56 Å². The molecule has 1 heterocycles. The van der Waals surface area contributed by atoms with Gasteiger partial charge in [-0.3, -0.25) is 4.79 Å². The minimum atomic E-state index is -0.369. The average Bonchev–Trinajstić information content (AvgIpc) is 2.54. The van der Waals surface area contributed by atoms with Gasteiger partial charge in [0.15, 0.2) is 0 Å². The molecule has 0 atom stereocenters. The van der Waals surface area contributed by atoms with E-state index < -0.39 is 0 Å². The van der Waals surface area contributed by atoms with E-state index in [0.717, 1.165) is 5.56 Å². The molecule has 0 radical (unpaired) electrons. The van der Waals surface area contributed by atoms with Crippen molar-refractivity contribution in [2.24, 2.45) is 0 Å². The lowest BCUT2D eigenvalue weighted by atomic mass is 10.2.